The summed E-state index contributed by atoms with van der Waals surface area (Å²) in [4.78, 5) is 1.43. The van der Waals surface area contributed by atoms with Gasteiger partial charge < -0.3 is 4.74 Å². The first kappa shape index (κ1) is 8.82. The van der Waals surface area contributed by atoms with Crippen LogP contribution in [0.4, 0.5) is 0 Å². The molecule has 0 saturated carbocycles. The molecule has 3 aliphatic heterocycles. The van der Waals surface area contributed by atoms with E-state index in [1.54, 1.807) is 0 Å². The maximum absolute atomic E-state index is 6.23. The smallest absolute Gasteiger partial charge is 0.172 e. The Bertz CT molecular complexity index is 393. The van der Waals surface area contributed by atoms with Gasteiger partial charge in [0.2, 0.25) is 0 Å². The monoisotopic (exact) mass is 236 g/mol. The fourth-order valence-electron chi connectivity index (χ4n) is 2.85. The molecule has 0 amide bonds. The zero-order valence-electron chi connectivity index (χ0n) is 8.31. The van der Waals surface area contributed by atoms with Gasteiger partial charge in [0.05, 0.1) is 10.1 Å². The number of ether oxygens (including phenoxy) is 1. The molecule has 0 aliphatic carbocycles. The molecule has 1 aromatic rings. The van der Waals surface area contributed by atoms with E-state index in [0.29, 0.717) is 0 Å². The highest BCUT2D eigenvalue weighted by Gasteiger charge is 2.57. The normalized spacial score (nSPS) is 40.8. The molecular weight excluding hydrogens is 224 g/mol. The lowest BCUT2D eigenvalue weighted by molar-refractivity contribution is 0.150. The fraction of sp³-hybridized carbons (Fsp3) is 0.500. The number of fused-ring (bicyclic) bond motifs is 4. The molecule has 2 bridgehead atoms. The second kappa shape index (κ2) is 2.89. The van der Waals surface area contributed by atoms with Crippen LogP contribution in [0.1, 0.15) is 19.3 Å². The number of hydrogen-bond acceptors (Lipinski definition) is 3. The van der Waals surface area contributed by atoms with Gasteiger partial charge in [0.25, 0.3) is 0 Å². The standard InChI is InChI=1S/C12H12OS2/c1-2-4-10-9(3-1)13-12(15-10)7-8-5-6-11(12)14-8/h1-4,8,11H,5-7H2. The number of para-hydroxylation sites is 1. The minimum atomic E-state index is 0.0945. The Labute approximate surface area is 98.0 Å². The van der Waals surface area contributed by atoms with E-state index in [1.165, 1.54) is 24.2 Å². The lowest BCUT2D eigenvalue weighted by Crippen LogP contribution is -2.38. The number of thioether (sulfide) groups is 2. The van der Waals surface area contributed by atoms with Gasteiger partial charge in [-0.3, -0.25) is 0 Å². The van der Waals surface area contributed by atoms with E-state index in [0.717, 1.165) is 16.2 Å². The van der Waals surface area contributed by atoms with Crippen LogP contribution in [0.25, 0.3) is 0 Å². The first-order valence-electron chi connectivity index (χ1n) is 5.48. The molecule has 78 valence electrons. The maximum atomic E-state index is 6.23. The van der Waals surface area contributed by atoms with E-state index in [9.17, 15) is 0 Å². The lowest BCUT2D eigenvalue weighted by Gasteiger charge is -2.30. The second-order valence-electron chi connectivity index (χ2n) is 4.49. The van der Waals surface area contributed by atoms with Crippen LogP contribution >= 0.6 is 23.5 Å². The largest absolute Gasteiger partial charge is 0.474 e. The van der Waals surface area contributed by atoms with Crippen molar-refractivity contribution in [3.8, 4) is 5.75 Å². The van der Waals surface area contributed by atoms with Crippen molar-refractivity contribution in [1.82, 2.24) is 0 Å². The van der Waals surface area contributed by atoms with E-state index < -0.39 is 0 Å². The molecule has 15 heavy (non-hydrogen) atoms. The highest BCUT2D eigenvalue weighted by Crippen LogP contribution is 2.63. The van der Waals surface area contributed by atoms with Crippen LogP contribution in [-0.2, 0) is 0 Å². The summed E-state index contributed by atoms with van der Waals surface area (Å²) in [5.41, 5.74) is 0. The second-order valence-corrected chi connectivity index (χ2v) is 7.33. The Morgan fingerprint density at radius 2 is 2.20 bits per heavy atom. The summed E-state index contributed by atoms with van der Waals surface area (Å²) in [5.74, 6) is 1.11. The molecule has 1 aromatic carbocycles. The van der Waals surface area contributed by atoms with Crippen molar-refractivity contribution in [1.29, 1.82) is 0 Å². The Kier molecular flexibility index (Phi) is 1.70. The zero-order chi connectivity index (χ0) is 9.88. The lowest BCUT2D eigenvalue weighted by atomic mass is 9.97. The molecule has 3 atom stereocenters. The van der Waals surface area contributed by atoms with Gasteiger partial charge in [-0.2, -0.15) is 0 Å². The van der Waals surface area contributed by atoms with Crippen LogP contribution in [0.5, 0.6) is 5.75 Å². The SMILES string of the molecule is c1ccc2c(c1)OC1(CC3CCC1S3)S2. The topological polar surface area (TPSA) is 9.23 Å². The summed E-state index contributed by atoms with van der Waals surface area (Å²) in [6.45, 7) is 0. The molecule has 3 heteroatoms. The van der Waals surface area contributed by atoms with E-state index in [2.05, 4.69) is 36.0 Å². The van der Waals surface area contributed by atoms with Crippen molar-refractivity contribution in [3.05, 3.63) is 24.3 Å². The van der Waals surface area contributed by atoms with Crippen LogP contribution in [0, 0.1) is 0 Å². The Hall–Kier alpha value is -0.280. The van der Waals surface area contributed by atoms with Crippen LogP contribution in [0.15, 0.2) is 29.2 Å². The van der Waals surface area contributed by atoms with Crippen molar-refractivity contribution >= 4 is 23.5 Å². The Balaban J connectivity index is 1.74. The van der Waals surface area contributed by atoms with E-state index in [4.69, 9.17) is 4.74 Å². The molecule has 2 fully saturated rings. The summed E-state index contributed by atoms with van der Waals surface area (Å²) >= 11 is 4.12. The molecule has 3 aliphatic rings. The molecule has 3 heterocycles. The molecule has 3 unspecified atom stereocenters. The third kappa shape index (κ3) is 1.14. The molecule has 1 spiro atoms. The number of hydrogen-bond donors (Lipinski definition) is 0. The van der Waals surface area contributed by atoms with Gasteiger partial charge in [0.15, 0.2) is 4.93 Å². The maximum Gasteiger partial charge on any atom is 0.172 e. The summed E-state index contributed by atoms with van der Waals surface area (Å²) in [7, 11) is 0. The summed E-state index contributed by atoms with van der Waals surface area (Å²) in [6.07, 6.45) is 3.98. The fourth-order valence-corrected chi connectivity index (χ4v) is 6.37. The number of benzene rings is 1. The summed E-state index contributed by atoms with van der Waals surface area (Å²) in [5, 5.41) is 1.58. The van der Waals surface area contributed by atoms with Gasteiger partial charge in [0.1, 0.15) is 5.75 Å². The van der Waals surface area contributed by atoms with Crippen LogP contribution in [-0.4, -0.2) is 15.4 Å². The Morgan fingerprint density at radius 1 is 1.27 bits per heavy atom. The zero-order valence-corrected chi connectivity index (χ0v) is 9.94. The Morgan fingerprint density at radius 3 is 2.93 bits per heavy atom. The molecule has 0 N–H and O–H groups in total. The molecule has 0 aromatic heterocycles. The van der Waals surface area contributed by atoms with Crippen molar-refractivity contribution < 1.29 is 4.74 Å². The molecule has 4 rings (SSSR count). The van der Waals surface area contributed by atoms with E-state index in [1.807, 2.05) is 11.8 Å². The van der Waals surface area contributed by atoms with Gasteiger partial charge in [-0.05, 0) is 25.0 Å². The minimum Gasteiger partial charge on any atom is -0.474 e. The minimum absolute atomic E-state index is 0.0945. The van der Waals surface area contributed by atoms with Crippen LogP contribution in [0.2, 0.25) is 0 Å². The summed E-state index contributed by atoms with van der Waals surface area (Å²) in [6, 6.07) is 8.46. The average molecular weight is 236 g/mol. The average Bonchev–Trinajstić information content (AvgIpc) is 2.89. The van der Waals surface area contributed by atoms with Crippen molar-refractivity contribution in [3.63, 3.8) is 0 Å². The first-order chi connectivity index (χ1) is 7.36. The third-order valence-electron chi connectivity index (χ3n) is 3.52. The molecule has 2 saturated heterocycles. The van der Waals surface area contributed by atoms with Crippen molar-refractivity contribution in [2.24, 2.45) is 0 Å². The first-order valence-corrected chi connectivity index (χ1v) is 7.24. The van der Waals surface area contributed by atoms with Gasteiger partial charge in [-0.15, -0.1) is 11.8 Å². The summed E-state index contributed by atoms with van der Waals surface area (Å²) < 4.78 is 6.23. The van der Waals surface area contributed by atoms with Gasteiger partial charge in [-0.1, -0.05) is 23.9 Å². The van der Waals surface area contributed by atoms with Crippen molar-refractivity contribution in [2.45, 2.75) is 39.6 Å². The van der Waals surface area contributed by atoms with Gasteiger partial charge >= 0.3 is 0 Å². The highest BCUT2D eigenvalue weighted by atomic mass is 32.2. The number of rotatable bonds is 0. The van der Waals surface area contributed by atoms with Crippen LogP contribution < -0.4 is 4.74 Å². The predicted molar refractivity (Wildman–Crippen MR) is 64.7 cm³/mol. The van der Waals surface area contributed by atoms with Gasteiger partial charge in [-0.25, -0.2) is 0 Å². The highest BCUT2D eigenvalue weighted by molar-refractivity contribution is 8.05. The van der Waals surface area contributed by atoms with Gasteiger partial charge in [0, 0.05) is 11.7 Å². The predicted octanol–water partition coefficient (Wildman–Crippen LogP) is 3.54. The molecule has 1 nitrogen and oxygen atoms in total. The van der Waals surface area contributed by atoms with E-state index >= 15 is 0 Å². The van der Waals surface area contributed by atoms with Crippen molar-refractivity contribution in [2.75, 3.05) is 0 Å². The third-order valence-corrected chi connectivity index (χ3v) is 6.84. The molecule has 0 radical (unpaired) electrons. The molecular formula is C12H12OS2. The van der Waals surface area contributed by atoms with Crippen LogP contribution in [0.3, 0.4) is 0 Å². The van der Waals surface area contributed by atoms with E-state index in [-0.39, 0.29) is 4.93 Å². The quantitative estimate of drug-likeness (QED) is 0.682.